The SMILES string of the molecule is N#Cc1cc(F)c(N2CCC[C@@H](NC(=O)O)C2)c2c1[nH]c1ccccc12. The van der Waals surface area contributed by atoms with Gasteiger partial charge in [0.2, 0.25) is 0 Å². The summed E-state index contributed by atoms with van der Waals surface area (Å²) in [5.41, 5.74) is 2.13. The third kappa shape index (κ3) is 2.60. The number of benzene rings is 2. The lowest BCUT2D eigenvalue weighted by atomic mass is 10.0. The molecule has 2 aromatic carbocycles. The number of para-hydroxylation sites is 1. The minimum Gasteiger partial charge on any atom is -0.465 e. The number of aromatic amines is 1. The fourth-order valence-corrected chi connectivity index (χ4v) is 3.85. The van der Waals surface area contributed by atoms with Gasteiger partial charge in [0.15, 0.2) is 0 Å². The van der Waals surface area contributed by atoms with Crippen molar-refractivity contribution in [2.45, 2.75) is 18.9 Å². The summed E-state index contributed by atoms with van der Waals surface area (Å²) in [4.78, 5) is 16.1. The lowest BCUT2D eigenvalue weighted by molar-refractivity contribution is 0.188. The van der Waals surface area contributed by atoms with Gasteiger partial charge in [-0.1, -0.05) is 18.2 Å². The second-order valence-electron chi connectivity index (χ2n) is 6.52. The molecule has 132 valence electrons. The van der Waals surface area contributed by atoms with Gasteiger partial charge in [0.1, 0.15) is 11.9 Å². The molecular formula is C19H17FN4O2. The van der Waals surface area contributed by atoms with Crippen LogP contribution in [0.1, 0.15) is 18.4 Å². The van der Waals surface area contributed by atoms with Crippen molar-refractivity contribution in [2.75, 3.05) is 18.0 Å². The van der Waals surface area contributed by atoms with Crippen LogP contribution >= 0.6 is 0 Å². The quantitative estimate of drug-likeness (QED) is 0.657. The minimum atomic E-state index is -1.07. The monoisotopic (exact) mass is 352 g/mol. The zero-order valence-electron chi connectivity index (χ0n) is 13.9. The van der Waals surface area contributed by atoms with E-state index in [4.69, 9.17) is 5.11 Å². The number of nitriles is 1. The molecule has 0 unspecified atom stereocenters. The Kier molecular flexibility index (Phi) is 3.88. The summed E-state index contributed by atoms with van der Waals surface area (Å²) >= 11 is 0. The van der Waals surface area contributed by atoms with Crippen molar-refractivity contribution in [2.24, 2.45) is 0 Å². The smallest absolute Gasteiger partial charge is 0.404 e. The molecule has 1 aliphatic heterocycles. The zero-order valence-corrected chi connectivity index (χ0v) is 13.9. The summed E-state index contributed by atoms with van der Waals surface area (Å²) in [6, 6.07) is 10.6. The van der Waals surface area contributed by atoms with Gasteiger partial charge in [0, 0.05) is 35.4 Å². The molecule has 3 aromatic rings. The minimum absolute atomic E-state index is 0.253. The Morgan fingerprint density at radius 3 is 3.00 bits per heavy atom. The number of carboxylic acid groups (broad SMARTS) is 1. The van der Waals surface area contributed by atoms with Gasteiger partial charge in [-0.2, -0.15) is 5.26 Å². The largest absolute Gasteiger partial charge is 0.465 e. The standard InChI is InChI=1S/C19H17FN4O2/c20-14-8-11(9-21)17-16(13-5-1-2-6-15(13)23-17)18(14)24-7-3-4-12(10-24)22-19(25)26/h1-2,5-6,8,12,22-23H,3-4,7,10H2,(H,25,26)/t12-/m1/s1. The molecule has 0 spiro atoms. The van der Waals surface area contributed by atoms with Crippen LogP contribution in [-0.2, 0) is 0 Å². The van der Waals surface area contributed by atoms with E-state index >= 15 is 4.39 Å². The van der Waals surface area contributed by atoms with E-state index in [1.54, 1.807) is 0 Å². The van der Waals surface area contributed by atoms with Crippen LogP contribution in [0.2, 0.25) is 0 Å². The first kappa shape index (κ1) is 16.2. The van der Waals surface area contributed by atoms with E-state index in [1.807, 2.05) is 29.2 Å². The summed E-state index contributed by atoms with van der Waals surface area (Å²) in [7, 11) is 0. The molecule has 1 fully saturated rings. The van der Waals surface area contributed by atoms with E-state index in [0.29, 0.717) is 29.7 Å². The Bertz CT molecular complexity index is 1050. The van der Waals surface area contributed by atoms with E-state index in [-0.39, 0.29) is 11.6 Å². The number of carbonyl (C=O) groups is 1. The second-order valence-corrected chi connectivity index (χ2v) is 6.52. The van der Waals surface area contributed by atoms with E-state index in [2.05, 4.69) is 16.4 Å². The van der Waals surface area contributed by atoms with Crippen LogP contribution in [0, 0.1) is 17.1 Å². The van der Waals surface area contributed by atoms with Crippen molar-refractivity contribution in [3.63, 3.8) is 0 Å². The Morgan fingerprint density at radius 1 is 1.42 bits per heavy atom. The molecule has 0 bridgehead atoms. The maximum Gasteiger partial charge on any atom is 0.404 e. The highest BCUT2D eigenvalue weighted by Gasteiger charge is 2.27. The summed E-state index contributed by atoms with van der Waals surface area (Å²) < 4.78 is 15.0. The van der Waals surface area contributed by atoms with Crippen LogP contribution in [0.4, 0.5) is 14.9 Å². The number of hydrogen-bond donors (Lipinski definition) is 3. The van der Waals surface area contributed by atoms with Crippen molar-refractivity contribution in [3.05, 3.63) is 41.7 Å². The molecule has 1 amide bonds. The summed E-state index contributed by atoms with van der Waals surface area (Å²) in [6.07, 6.45) is 0.403. The molecule has 1 saturated heterocycles. The Hall–Kier alpha value is -3.27. The molecule has 1 atom stereocenters. The van der Waals surface area contributed by atoms with E-state index in [0.717, 1.165) is 23.7 Å². The number of nitrogens with one attached hydrogen (secondary N) is 2. The van der Waals surface area contributed by atoms with Crippen LogP contribution in [0.3, 0.4) is 0 Å². The highest BCUT2D eigenvalue weighted by Crippen LogP contribution is 2.38. The highest BCUT2D eigenvalue weighted by atomic mass is 19.1. The number of aromatic nitrogens is 1. The van der Waals surface area contributed by atoms with Gasteiger partial charge < -0.3 is 20.3 Å². The Balaban J connectivity index is 1.90. The summed E-state index contributed by atoms with van der Waals surface area (Å²) in [6.45, 7) is 1.03. The third-order valence-corrected chi connectivity index (χ3v) is 4.90. The number of amides is 1. The molecule has 2 heterocycles. The van der Waals surface area contributed by atoms with Crippen LogP contribution in [-0.4, -0.2) is 35.3 Å². The van der Waals surface area contributed by atoms with Gasteiger partial charge in [-0.3, -0.25) is 0 Å². The van der Waals surface area contributed by atoms with Crippen molar-refractivity contribution >= 4 is 33.6 Å². The first-order valence-electron chi connectivity index (χ1n) is 8.46. The van der Waals surface area contributed by atoms with E-state index < -0.39 is 11.9 Å². The first-order valence-corrected chi connectivity index (χ1v) is 8.46. The lowest BCUT2D eigenvalue weighted by Crippen LogP contribution is -2.47. The predicted octanol–water partition coefficient (Wildman–Crippen LogP) is 3.57. The molecule has 6 nitrogen and oxygen atoms in total. The molecule has 4 rings (SSSR count). The third-order valence-electron chi connectivity index (χ3n) is 4.90. The number of H-pyrrole nitrogens is 1. The highest BCUT2D eigenvalue weighted by molar-refractivity contribution is 6.15. The molecule has 3 N–H and O–H groups in total. The normalized spacial score (nSPS) is 17.4. The molecule has 26 heavy (non-hydrogen) atoms. The Labute approximate surface area is 148 Å². The maximum atomic E-state index is 15.0. The predicted molar refractivity (Wildman–Crippen MR) is 96.9 cm³/mol. The number of nitrogens with zero attached hydrogens (tertiary/aromatic N) is 2. The van der Waals surface area contributed by atoms with Crippen LogP contribution in [0.25, 0.3) is 21.8 Å². The molecular weight excluding hydrogens is 335 g/mol. The molecule has 0 saturated carbocycles. The van der Waals surface area contributed by atoms with Crippen molar-refractivity contribution < 1.29 is 14.3 Å². The van der Waals surface area contributed by atoms with Crippen molar-refractivity contribution in [1.29, 1.82) is 5.26 Å². The van der Waals surface area contributed by atoms with Gasteiger partial charge in [-0.05, 0) is 25.0 Å². The van der Waals surface area contributed by atoms with Crippen LogP contribution < -0.4 is 10.2 Å². The lowest BCUT2D eigenvalue weighted by Gasteiger charge is -2.35. The van der Waals surface area contributed by atoms with Crippen molar-refractivity contribution in [3.8, 4) is 6.07 Å². The molecule has 0 aliphatic carbocycles. The van der Waals surface area contributed by atoms with Crippen molar-refractivity contribution in [1.82, 2.24) is 10.3 Å². The van der Waals surface area contributed by atoms with Gasteiger partial charge in [-0.25, -0.2) is 9.18 Å². The number of piperidine rings is 1. The van der Waals surface area contributed by atoms with Gasteiger partial charge in [0.25, 0.3) is 0 Å². The Morgan fingerprint density at radius 2 is 2.23 bits per heavy atom. The molecule has 1 aliphatic rings. The number of halogens is 1. The fraction of sp³-hybridized carbons (Fsp3) is 0.263. The van der Waals surface area contributed by atoms with Crippen LogP contribution in [0.5, 0.6) is 0 Å². The number of fused-ring (bicyclic) bond motifs is 3. The zero-order chi connectivity index (χ0) is 18.3. The van der Waals surface area contributed by atoms with Gasteiger partial charge in [-0.15, -0.1) is 0 Å². The van der Waals surface area contributed by atoms with Gasteiger partial charge >= 0.3 is 6.09 Å². The van der Waals surface area contributed by atoms with Gasteiger partial charge in [0.05, 0.1) is 16.8 Å². The molecule has 1 aromatic heterocycles. The first-order chi connectivity index (χ1) is 12.6. The van der Waals surface area contributed by atoms with E-state index in [1.165, 1.54) is 6.07 Å². The van der Waals surface area contributed by atoms with Crippen LogP contribution in [0.15, 0.2) is 30.3 Å². The molecule has 7 heteroatoms. The molecule has 0 radical (unpaired) electrons. The number of hydrogen-bond acceptors (Lipinski definition) is 3. The topological polar surface area (TPSA) is 92.2 Å². The number of anilines is 1. The van der Waals surface area contributed by atoms with E-state index in [9.17, 15) is 10.1 Å². The summed E-state index contributed by atoms with van der Waals surface area (Å²) in [5, 5.41) is 22.4. The summed E-state index contributed by atoms with van der Waals surface area (Å²) in [5.74, 6) is -0.463. The number of rotatable bonds is 2. The average Bonchev–Trinajstić information content (AvgIpc) is 3.00. The average molecular weight is 352 g/mol. The maximum absolute atomic E-state index is 15.0. The second kappa shape index (κ2) is 6.23. The fourth-order valence-electron chi connectivity index (χ4n) is 3.85.